The van der Waals surface area contributed by atoms with Gasteiger partial charge in [0.2, 0.25) is 0 Å². The van der Waals surface area contributed by atoms with Crippen LogP contribution in [0.2, 0.25) is 0 Å². The predicted octanol–water partition coefficient (Wildman–Crippen LogP) is 4.90. The minimum atomic E-state index is 0.0203. The van der Waals surface area contributed by atoms with Crippen LogP contribution in [0.25, 0.3) is 0 Å². The van der Waals surface area contributed by atoms with Gasteiger partial charge in [-0.1, -0.05) is 39.7 Å². The zero-order valence-corrected chi connectivity index (χ0v) is 14.2. The Morgan fingerprint density at radius 1 is 1.10 bits per heavy atom. The van der Waals surface area contributed by atoms with E-state index >= 15 is 0 Å². The monoisotopic (exact) mass is 345 g/mol. The zero-order valence-electron chi connectivity index (χ0n) is 12.6. The molecule has 0 saturated heterocycles. The Morgan fingerprint density at radius 2 is 1.76 bits per heavy atom. The molecule has 0 bridgehead atoms. The van der Waals surface area contributed by atoms with Gasteiger partial charge in [-0.15, -0.1) is 0 Å². The first kappa shape index (κ1) is 14.6. The van der Waals surface area contributed by atoms with Crippen molar-refractivity contribution in [1.29, 1.82) is 0 Å². The highest BCUT2D eigenvalue weighted by Gasteiger charge is 2.29. The average Bonchev–Trinajstić information content (AvgIpc) is 2.36. The molecular weight excluding hydrogens is 326 g/mol. The maximum atomic E-state index is 6.36. The van der Waals surface area contributed by atoms with Crippen molar-refractivity contribution in [3.05, 3.63) is 62.6 Å². The third kappa shape index (κ3) is 2.72. The second-order valence-corrected chi connectivity index (χ2v) is 6.86. The molecule has 0 saturated carbocycles. The summed E-state index contributed by atoms with van der Waals surface area (Å²) in [5.41, 5.74) is 12.6. The first-order chi connectivity index (χ1) is 9.95. The van der Waals surface area contributed by atoms with Crippen LogP contribution in [-0.2, 0) is 0 Å². The van der Waals surface area contributed by atoms with E-state index in [0.29, 0.717) is 0 Å². The minimum Gasteiger partial charge on any atom is -0.485 e. The predicted molar refractivity (Wildman–Crippen MR) is 89.7 cm³/mol. The van der Waals surface area contributed by atoms with Crippen molar-refractivity contribution in [2.45, 2.75) is 39.3 Å². The smallest absolute Gasteiger partial charge is 0.126 e. The Hall–Kier alpha value is -1.32. The quantitative estimate of drug-likeness (QED) is 0.797. The fourth-order valence-electron chi connectivity index (χ4n) is 3.35. The highest BCUT2D eigenvalue weighted by atomic mass is 79.9. The van der Waals surface area contributed by atoms with Gasteiger partial charge in [0.15, 0.2) is 0 Å². The summed E-state index contributed by atoms with van der Waals surface area (Å²) in [5.74, 6) is 0.896. The van der Waals surface area contributed by atoms with Crippen molar-refractivity contribution in [1.82, 2.24) is 0 Å². The van der Waals surface area contributed by atoms with Gasteiger partial charge in [0.05, 0.1) is 0 Å². The molecule has 2 unspecified atom stereocenters. The number of aryl methyl sites for hydroxylation is 3. The first-order valence-corrected chi connectivity index (χ1v) is 8.04. The van der Waals surface area contributed by atoms with Crippen LogP contribution in [0.1, 0.15) is 46.4 Å². The molecule has 2 atom stereocenters. The van der Waals surface area contributed by atoms with Gasteiger partial charge in [-0.25, -0.2) is 0 Å². The van der Waals surface area contributed by atoms with E-state index in [-0.39, 0.29) is 12.1 Å². The fourth-order valence-corrected chi connectivity index (χ4v) is 3.69. The number of fused-ring (bicyclic) bond motifs is 1. The van der Waals surface area contributed by atoms with Crippen molar-refractivity contribution in [3.8, 4) is 5.75 Å². The Kier molecular flexibility index (Phi) is 3.80. The molecule has 0 amide bonds. The summed E-state index contributed by atoms with van der Waals surface area (Å²) in [7, 11) is 0. The van der Waals surface area contributed by atoms with Crippen LogP contribution in [0.15, 0.2) is 34.8 Å². The normalized spacial score (nSPS) is 20.8. The van der Waals surface area contributed by atoms with E-state index in [1.54, 1.807) is 0 Å². The van der Waals surface area contributed by atoms with Crippen molar-refractivity contribution in [2.75, 3.05) is 0 Å². The van der Waals surface area contributed by atoms with Crippen LogP contribution in [-0.4, -0.2) is 0 Å². The molecule has 2 N–H and O–H groups in total. The summed E-state index contributed by atoms with van der Waals surface area (Å²) < 4.78 is 7.28. The molecule has 0 spiro atoms. The first-order valence-electron chi connectivity index (χ1n) is 7.25. The SMILES string of the molecule is Cc1cc(C)c(C2CC(N)c3ccc(Br)cc3O2)c(C)c1. The molecule has 0 fully saturated rings. The summed E-state index contributed by atoms with van der Waals surface area (Å²) in [5, 5.41) is 0. The second kappa shape index (κ2) is 5.47. The molecule has 21 heavy (non-hydrogen) atoms. The van der Waals surface area contributed by atoms with Crippen LogP contribution in [0, 0.1) is 20.8 Å². The number of hydrogen-bond donors (Lipinski definition) is 1. The lowest BCUT2D eigenvalue weighted by Crippen LogP contribution is -2.25. The lowest BCUT2D eigenvalue weighted by Gasteiger charge is -2.32. The summed E-state index contributed by atoms with van der Waals surface area (Å²) in [4.78, 5) is 0. The standard InChI is InChI=1S/C18H20BrNO/c1-10-6-11(2)18(12(3)7-10)17-9-15(20)14-5-4-13(19)8-16(14)21-17/h4-8,15,17H,9,20H2,1-3H3. The topological polar surface area (TPSA) is 35.2 Å². The van der Waals surface area contributed by atoms with Crippen molar-refractivity contribution < 1.29 is 4.74 Å². The number of halogens is 1. The molecule has 1 heterocycles. The summed E-state index contributed by atoms with van der Waals surface area (Å²) in [6.45, 7) is 6.44. The van der Waals surface area contributed by atoms with E-state index in [9.17, 15) is 0 Å². The lowest BCUT2D eigenvalue weighted by atomic mass is 9.88. The molecule has 2 nitrogen and oxygen atoms in total. The third-order valence-corrected chi connectivity index (χ3v) is 4.67. The van der Waals surface area contributed by atoms with Gasteiger partial charge in [0, 0.05) is 22.5 Å². The molecule has 0 radical (unpaired) electrons. The third-order valence-electron chi connectivity index (χ3n) is 4.17. The number of rotatable bonds is 1. The van der Waals surface area contributed by atoms with E-state index in [1.165, 1.54) is 22.3 Å². The van der Waals surface area contributed by atoms with Crippen LogP contribution >= 0.6 is 15.9 Å². The number of benzene rings is 2. The van der Waals surface area contributed by atoms with Crippen LogP contribution < -0.4 is 10.5 Å². The van der Waals surface area contributed by atoms with Gasteiger partial charge in [-0.05, 0) is 49.6 Å². The van der Waals surface area contributed by atoms with E-state index < -0.39 is 0 Å². The number of ether oxygens (including phenoxy) is 1. The molecule has 1 aliphatic rings. The Bertz CT molecular complexity index is 673. The van der Waals surface area contributed by atoms with E-state index in [0.717, 1.165) is 22.2 Å². The van der Waals surface area contributed by atoms with Crippen LogP contribution in [0.4, 0.5) is 0 Å². The molecule has 3 rings (SSSR count). The van der Waals surface area contributed by atoms with E-state index in [4.69, 9.17) is 10.5 Å². The summed E-state index contributed by atoms with van der Waals surface area (Å²) >= 11 is 3.50. The molecular formula is C18H20BrNO. The number of hydrogen-bond acceptors (Lipinski definition) is 2. The molecule has 3 heteroatoms. The van der Waals surface area contributed by atoms with Gasteiger partial charge >= 0.3 is 0 Å². The summed E-state index contributed by atoms with van der Waals surface area (Å²) in [6, 6.07) is 10.5. The van der Waals surface area contributed by atoms with Crippen molar-refractivity contribution >= 4 is 15.9 Å². The lowest BCUT2D eigenvalue weighted by molar-refractivity contribution is 0.160. The maximum absolute atomic E-state index is 6.36. The Labute approximate surface area is 134 Å². The largest absolute Gasteiger partial charge is 0.485 e. The minimum absolute atomic E-state index is 0.0203. The zero-order chi connectivity index (χ0) is 15.1. The van der Waals surface area contributed by atoms with Gasteiger partial charge in [0.1, 0.15) is 11.9 Å². The van der Waals surface area contributed by atoms with Crippen molar-refractivity contribution in [3.63, 3.8) is 0 Å². The molecule has 1 aliphatic heterocycles. The van der Waals surface area contributed by atoms with Gasteiger partial charge < -0.3 is 10.5 Å². The molecule has 2 aromatic rings. The van der Waals surface area contributed by atoms with Gasteiger partial charge in [0.25, 0.3) is 0 Å². The average molecular weight is 346 g/mol. The maximum Gasteiger partial charge on any atom is 0.126 e. The van der Waals surface area contributed by atoms with E-state index in [2.05, 4.69) is 54.9 Å². The molecule has 0 aliphatic carbocycles. The Morgan fingerprint density at radius 3 is 2.43 bits per heavy atom. The molecule has 2 aromatic carbocycles. The van der Waals surface area contributed by atoms with Crippen LogP contribution in [0.3, 0.4) is 0 Å². The highest BCUT2D eigenvalue weighted by Crippen LogP contribution is 2.42. The summed E-state index contributed by atoms with van der Waals surface area (Å²) in [6.07, 6.45) is 0.849. The second-order valence-electron chi connectivity index (χ2n) is 5.94. The van der Waals surface area contributed by atoms with Gasteiger partial charge in [-0.3, -0.25) is 0 Å². The Balaban J connectivity index is 2.03. The fraction of sp³-hybridized carbons (Fsp3) is 0.333. The highest BCUT2D eigenvalue weighted by molar-refractivity contribution is 9.10. The molecule has 0 aromatic heterocycles. The molecule has 110 valence electrons. The van der Waals surface area contributed by atoms with E-state index in [1.807, 2.05) is 12.1 Å². The number of nitrogens with two attached hydrogens (primary N) is 1. The van der Waals surface area contributed by atoms with Gasteiger partial charge in [-0.2, -0.15) is 0 Å². The van der Waals surface area contributed by atoms with Crippen molar-refractivity contribution in [2.24, 2.45) is 5.73 Å². The van der Waals surface area contributed by atoms with Crippen LogP contribution in [0.5, 0.6) is 5.75 Å².